The van der Waals surface area contributed by atoms with E-state index in [2.05, 4.69) is 39.1 Å². The summed E-state index contributed by atoms with van der Waals surface area (Å²) in [6.45, 7) is 2.77. The average molecular weight is 398 g/mol. The average Bonchev–Trinajstić information content (AvgIpc) is 2.91. The van der Waals surface area contributed by atoms with Crippen LogP contribution in [0.5, 0.6) is 0 Å². The monoisotopic (exact) mass is 398 g/mol. The van der Waals surface area contributed by atoms with Gasteiger partial charge >= 0.3 is 0 Å². The molecule has 7 heteroatoms. The van der Waals surface area contributed by atoms with E-state index in [1.165, 1.54) is 17.3 Å². The molecule has 5 nitrogen and oxygen atoms in total. The second-order valence-corrected chi connectivity index (χ2v) is 7.59. The summed E-state index contributed by atoms with van der Waals surface area (Å²) in [6, 6.07) is 10.6. The number of aliphatic hydroxyl groups is 1. The molecule has 1 unspecified atom stereocenters. The SMILES string of the molecule is CN(CC(O)CN1CCc2ccccc2CC1)c1cnc2cc(F)c(F)cc2n1. The van der Waals surface area contributed by atoms with Crippen LogP contribution in [0, 0.1) is 11.6 Å². The molecular weight excluding hydrogens is 374 g/mol. The van der Waals surface area contributed by atoms with Crippen molar-refractivity contribution in [2.24, 2.45) is 0 Å². The largest absolute Gasteiger partial charge is 0.390 e. The topological polar surface area (TPSA) is 52.5 Å². The first kappa shape index (κ1) is 19.7. The number of anilines is 1. The Bertz CT molecular complexity index is 986. The number of aliphatic hydroxyl groups excluding tert-OH is 1. The lowest BCUT2D eigenvalue weighted by atomic mass is 10.0. The molecule has 4 rings (SSSR count). The highest BCUT2D eigenvalue weighted by atomic mass is 19.2. The summed E-state index contributed by atoms with van der Waals surface area (Å²) < 4.78 is 26.8. The number of halogens is 2. The van der Waals surface area contributed by atoms with Crippen LogP contribution in [0.4, 0.5) is 14.6 Å². The molecule has 0 saturated carbocycles. The Hall–Kier alpha value is -2.64. The number of fused-ring (bicyclic) bond motifs is 2. The van der Waals surface area contributed by atoms with Crippen molar-refractivity contribution in [3.05, 3.63) is 65.4 Å². The normalized spacial score (nSPS) is 15.7. The van der Waals surface area contributed by atoms with Gasteiger partial charge in [0.25, 0.3) is 0 Å². The first-order valence-electron chi connectivity index (χ1n) is 9.80. The van der Waals surface area contributed by atoms with Crippen molar-refractivity contribution in [1.29, 1.82) is 0 Å². The molecule has 0 saturated heterocycles. The van der Waals surface area contributed by atoms with Gasteiger partial charge in [0.2, 0.25) is 0 Å². The molecule has 0 amide bonds. The smallest absolute Gasteiger partial charge is 0.161 e. The predicted molar refractivity (Wildman–Crippen MR) is 109 cm³/mol. The molecule has 0 radical (unpaired) electrons. The van der Waals surface area contributed by atoms with Crippen molar-refractivity contribution in [3.8, 4) is 0 Å². The van der Waals surface area contributed by atoms with Gasteiger partial charge in [-0.2, -0.15) is 0 Å². The summed E-state index contributed by atoms with van der Waals surface area (Å²) in [7, 11) is 1.80. The Kier molecular flexibility index (Phi) is 5.69. The van der Waals surface area contributed by atoms with Gasteiger partial charge in [-0.1, -0.05) is 24.3 Å². The number of benzene rings is 2. The minimum atomic E-state index is -0.950. The van der Waals surface area contributed by atoms with Gasteiger partial charge in [0.1, 0.15) is 5.82 Å². The quantitative estimate of drug-likeness (QED) is 0.716. The Morgan fingerprint density at radius 2 is 1.69 bits per heavy atom. The van der Waals surface area contributed by atoms with Gasteiger partial charge in [-0.3, -0.25) is 4.98 Å². The Morgan fingerprint density at radius 3 is 2.34 bits per heavy atom. The molecule has 1 aromatic heterocycles. The van der Waals surface area contributed by atoms with Crippen LogP contribution in [0.15, 0.2) is 42.6 Å². The number of hydrogen-bond donors (Lipinski definition) is 1. The standard InChI is InChI=1S/C22H24F2N4O/c1-27(22-12-25-20-10-18(23)19(24)11-21(20)26-22)13-17(29)14-28-8-6-15-4-2-3-5-16(15)7-9-28/h2-5,10-12,17,29H,6-9,13-14H2,1H3. The van der Waals surface area contributed by atoms with E-state index >= 15 is 0 Å². The molecule has 3 aromatic rings. The third kappa shape index (κ3) is 4.52. The van der Waals surface area contributed by atoms with Crippen molar-refractivity contribution < 1.29 is 13.9 Å². The number of nitrogens with zero attached hydrogens (tertiary/aromatic N) is 4. The second-order valence-electron chi connectivity index (χ2n) is 7.59. The summed E-state index contributed by atoms with van der Waals surface area (Å²) in [4.78, 5) is 12.6. The van der Waals surface area contributed by atoms with Crippen LogP contribution in [0.1, 0.15) is 11.1 Å². The van der Waals surface area contributed by atoms with Crippen LogP contribution in [0.3, 0.4) is 0 Å². The highest BCUT2D eigenvalue weighted by Gasteiger charge is 2.18. The summed E-state index contributed by atoms with van der Waals surface area (Å²) in [5.41, 5.74) is 3.35. The van der Waals surface area contributed by atoms with Crippen molar-refractivity contribution in [2.45, 2.75) is 18.9 Å². The molecule has 1 aliphatic heterocycles. The fourth-order valence-electron chi connectivity index (χ4n) is 3.84. The van der Waals surface area contributed by atoms with Gasteiger partial charge in [0.05, 0.1) is 23.3 Å². The minimum absolute atomic E-state index is 0.285. The number of likely N-dealkylation sites (N-methyl/N-ethyl adjacent to an activating group) is 1. The molecule has 1 atom stereocenters. The van der Waals surface area contributed by atoms with E-state index in [0.717, 1.165) is 38.1 Å². The summed E-state index contributed by atoms with van der Waals surface area (Å²) in [5.74, 6) is -1.39. The van der Waals surface area contributed by atoms with Gasteiger partial charge < -0.3 is 14.9 Å². The van der Waals surface area contributed by atoms with Crippen LogP contribution in [0.2, 0.25) is 0 Å². The number of hydrogen-bond acceptors (Lipinski definition) is 5. The maximum atomic E-state index is 13.5. The van der Waals surface area contributed by atoms with Crippen LogP contribution in [0.25, 0.3) is 11.0 Å². The fraction of sp³-hybridized carbons (Fsp3) is 0.364. The highest BCUT2D eigenvalue weighted by molar-refractivity contribution is 5.75. The zero-order chi connectivity index (χ0) is 20.4. The van der Waals surface area contributed by atoms with Gasteiger partial charge in [0, 0.05) is 45.4 Å². The number of β-amino-alcohol motifs (C(OH)–C–C–N with tert-alkyl or cyclic N) is 1. The third-order valence-corrected chi connectivity index (χ3v) is 5.43. The Labute approximate surface area is 168 Å². The molecule has 29 heavy (non-hydrogen) atoms. The van der Waals surface area contributed by atoms with Crippen LogP contribution in [-0.2, 0) is 12.8 Å². The maximum absolute atomic E-state index is 13.5. The lowest BCUT2D eigenvalue weighted by Crippen LogP contribution is -2.40. The Balaban J connectivity index is 1.37. The van der Waals surface area contributed by atoms with E-state index in [1.807, 2.05) is 0 Å². The fourth-order valence-corrected chi connectivity index (χ4v) is 3.84. The van der Waals surface area contributed by atoms with E-state index in [0.29, 0.717) is 24.4 Å². The third-order valence-electron chi connectivity index (χ3n) is 5.43. The predicted octanol–water partition coefficient (Wildman–Crippen LogP) is 2.81. The van der Waals surface area contributed by atoms with E-state index in [1.54, 1.807) is 11.9 Å². The first-order valence-corrected chi connectivity index (χ1v) is 9.80. The van der Waals surface area contributed by atoms with E-state index in [-0.39, 0.29) is 5.52 Å². The lowest BCUT2D eigenvalue weighted by molar-refractivity contribution is 0.120. The van der Waals surface area contributed by atoms with Crippen molar-refractivity contribution >= 4 is 16.9 Å². The van der Waals surface area contributed by atoms with E-state index in [4.69, 9.17) is 0 Å². The molecular formula is C22H24F2N4O. The summed E-state index contributed by atoms with van der Waals surface area (Å²) >= 11 is 0. The molecule has 0 fully saturated rings. The lowest BCUT2D eigenvalue weighted by Gasteiger charge is -2.27. The molecule has 0 spiro atoms. The number of rotatable bonds is 5. The maximum Gasteiger partial charge on any atom is 0.161 e. The van der Waals surface area contributed by atoms with Crippen LogP contribution >= 0.6 is 0 Å². The molecule has 0 bridgehead atoms. The first-order chi connectivity index (χ1) is 14.0. The van der Waals surface area contributed by atoms with Gasteiger partial charge in [-0.25, -0.2) is 13.8 Å². The van der Waals surface area contributed by atoms with Crippen molar-refractivity contribution in [2.75, 3.05) is 38.1 Å². The molecule has 0 aliphatic carbocycles. The Morgan fingerprint density at radius 1 is 1.07 bits per heavy atom. The molecule has 2 heterocycles. The molecule has 152 valence electrons. The summed E-state index contributed by atoms with van der Waals surface area (Å²) in [6.07, 6.45) is 2.91. The summed E-state index contributed by atoms with van der Waals surface area (Å²) in [5, 5.41) is 10.6. The zero-order valence-corrected chi connectivity index (χ0v) is 16.4. The van der Waals surface area contributed by atoms with Crippen LogP contribution < -0.4 is 4.90 Å². The van der Waals surface area contributed by atoms with Gasteiger partial charge in [-0.15, -0.1) is 0 Å². The van der Waals surface area contributed by atoms with E-state index in [9.17, 15) is 13.9 Å². The second kappa shape index (κ2) is 8.39. The van der Waals surface area contributed by atoms with E-state index < -0.39 is 17.7 Å². The highest BCUT2D eigenvalue weighted by Crippen LogP contribution is 2.19. The van der Waals surface area contributed by atoms with Crippen LogP contribution in [-0.4, -0.2) is 59.3 Å². The molecule has 1 N–H and O–H groups in total. The number of aromatic nitrogens is 2. The van der Waals surface area contributed by atoms with Gasteiger partial charge in [-0.05, 0) is 24.0 Å². The van der Waals surface area contributed by atoms with Crippen molar-refractivity contribution in [3.63, 3.8) is 0 Å². The minimum Gasteiger partial charge on any atom is -0.390 e. The molecule has 2 aromatic carbocycles. The zero-order valence-electron chi connectivity index (χ0n) is 16.4. The van der Waals surface area contributed by atoms with Gasteiger partial charge in [0.15, 0.2) is 11.6 Å². The molecule has 1 aliphatic rings. The van der Waals surface area contributed by atoms with Crippen molar-refractivity contribution in [1.82, 2.24) is 14.9 Å².